The minimum atomic E-state index is 0.764. The van der Waals surface area contributed by atoms with E-state index in [2.05, 4.69) is 30.1 Å². The first kappa shape index (κ1) is 12.4. The van der Waals surface area contributed by atoms with Crippen LogP contribution in [0.4, 0.5) is 0 Å². The second-order valence-corrected chi connectivity index (χ2v) is 5.70. The van der Waals surface area contributed by atoms with Gasteiger partial charge >= 0.3 is 0 Å². The van der Waals surface area contributed by atoms with Crippen LogP contribution in [-0.4, -0.2) is 4.98 Å². The number of aromatic nitrogens is 1. The fourth-order valence-corrected chi connectivity index (χ4v) is 2.94. The van der Waals surface area contributed by atoms with E-state index in [9.17, 15) is 0 Å². The maximum absolute atomic E-state index is 5.92. The first-order valence-electron chi connectivity index (χ1n) is 6.00. The fourth-order valence-electron chi connectivity index (χ4n) is 2.08. The Bertz CT molecular complexity index is 687. The molecule has 0 bridgehead atoms. The van der Waals surface area contributed by atoms with Crippen molar-refractivity contribution in [1.29, 1.82) is 0 Å². The van der Waals surface area contributed by atoms with Crippen LogP contribution in [-0.2, 0) is 0 Å². The van der Waals surface area contributed by atoms with Gasteiger partial charge in [0.15, 0.2) is 0 Å². The Morgan fingerprint density at radius 3 is 2.37 bits per heavy atom. The van der Waals surface area contributed by atoms with E-state index in [-0.39, 0.29) is 0 Å². The Labute approximate surface area is 121 Å². The van der Waals surface area contributed by atoms with Crippen LogP contribution in [0.2, 0.25) is 5.02 Å². The molecule has 0 aliphatic carbocycles. The van der Waals surface area contributed by atoms with Gasteiger partial charge in [0.05, 0.1) is 0 Å². The third-order valence-electron chi connectivity index (χ3n) is 3.07. The lowest BCUT2D eigenvalue weighted by atomic mass is 10.0. The first-order chi connectivity index (χ1) is 9.24. The van der Waals surface area contributed by atoms with Crippen LogP contribution in [0.5, 0.6) is 0 Å². The van der Waals surface area contributed by atoms with E-state index in [1.807, 2.05) is 35.8 Å². The molecule has 19 heavy (non-hydrogen) atoms. The number of rotatable bonds is 2. The smallest absolute Gasteiger partial charge is 0.123 e. The molecule has 0 amide bonds. The summed E-state index contributed by atoms with van der Waals surface area (Å²) in [5, 5.41) is 3.84. The molecule has 3 heteroatoms. The Kier molecular flexibility index (Phi) is 3.36. The second kappa shape index (κ2) is 5.16. The van der Waals surface area contributed by atoms with Crippen LogP contribution in [0.3, 0.4) is 0 Å². The van der Waals surface area contributed by atoms with Crippen molar-refractivity contribution in [2.24, 2.45) is 0 Å². The van der Waals surface area contributed by atoms with E-state index in [0.717, 1.165) is 10.0 Å². The summed E-state index contributed by atoms with van der Waals surface area (Å²) < 4.78 is 0. The lowest BCUT2D eigenvalue weighted by molar-refractivity contribution is 1.38. The molecule has 2 aromatic carbocycles. The summed E-state index contributed by atoms with van der Waals surface area (Å²) in [5.41, 5.74) is 4.82. The van der Waals surface area contributed by atoms with E-state index in [1.165, 1.54) is 22.3 Å². The van der Waals surface area contributed by atoms with E-state index in [1.54, 1.807) is 11.3 Å². The molecule has 0 unspecified atom stereocenters. The van der Waals surface area contributed by atoms with Gasteiger partial charge in [-0.2, -0.15) is 0 Å². The average molecular weight is 286 g/mol. The number of hydrogen-bond acceptors (Lipinski definition) is 2. The summed E-state index contributed by atoms with van der Waals surface area (Å²) >= 11 is 7.58. The quantitative estimate of drug-likeness (QED) is 0.611. The predicted molar refractivity (Wildman–Crippen MR) is 82.7 cm³/mol. The SMILES string of the molecule is Cc1cc(-c2ccc(Cl)cc2)ccc1-c1nccs1. The van der Waals surface area contributed by atoms with Crippen LogP contribution in [0.15, 0.2) is 54.0 Å². The van der Waals surface area contributed by atoms with Gasteiger partial charge in [-0.3, -0.25) is 0 Å². The summed E-state index contributed by atoms with van der Waals surface area (Å²) in [6.45, 7) is 2.12. The lowest BCUT2D eigenvalue weighted by Crippen LogP contribution is -1.85. The molecule has 0 spiro atoms. The molecule has 0 saturated carbocycles. The van der Waals surface area contributed by atoms with Gasteiger partial charge < -0.3 is 0 Å². The molecule has 0 radical (unpaired) electrons. The summed E-state index contributed by atoms with van der Waals surface area (Å²) in [5.74, 6) is 0. The first-order valence-corrected chi connectivity index (χ1v) is 7.26. The van der Waals surface area contributed by atoms with Gasteiger partial charge in [0.25, 0.3) is 0 Å². The van der Waals surface area contributed by atoms with E-state index >= 15 is 0 Å². The number of halogens is 1. The fraction of sp³-hybridized carbons (Fsp3) is 0.0625. The van der Waals surface area contributed by atoms with Crippen molar-refractivity contribution in [1.82, 2.24) is 4.98 Å². The number of hydrogen-bond donors (Lipinski definition) is 0. The monoisotopic (exact) mass is 285 g/mol. The highest BCUT2D eigenvalue weighted by atomic mass is 35.5. The predicted octanol–water partition coefficient (Wildman–Crippen LogP) is 5.44. The van der Waals surface area contributed by atoms with Crippen molar-refractivity contribution in [2.45, 2.75) is 6.92 Å². The molecule has 0 aliphatic rings. The molecule has 0 aliphatic heterocycles. The molecule has 0 fully saturated rings. The van der Waals surface area contributed by atoms with Crippen LogP contribution < -0.4 is 0 Å². The zero-order valence-corrected chi connectivity index (χ0v) is 12.0. The zero-order chi connectivity index (χ0) is 13.2. The normalized spacial score (nSPS) is 10.6. The third kappa shape index (κ3) is 2.55. The van der Waals surface area contributed by atoms with E-state index in [4.69, 9.17) is 11.6 Å². The van der Waals surface area contributed by atoms with Crippen molar-refractivity contribution in [2.75, 3.05) is 0 Å². The number of nitrogens with zero attached hydrogens (tertiary/aromatic N) is 1. The third-order valence-corrected chi connectivity index (χ3v) is 4.13. The highest BCUT2D eigenvalue weighted by Gasteiger charge is 2.06. The van der Waals surface area contributed by atoms with Gasteiger partial charge in [0, 0.05) is 22.2 Å². The van der Waals surface area contributed by atoms with Gasteiger partial charge in [0.1, 0.15) is 5.01 Å². The second-order valence-electron chi connectivity index (χ2n) is 4.37. The van der Waals surface area contributed by atoms with Gasteiger partial charge in [-0.15, -0.1) is 11.3 Å². The summed E-state index contributed by atoms with van der Waals surface area (Å²) in [4.78, 5) is 4.36. The molecular weight excluding hydrogens is 274 g/mol. The highest BCUT2D eigenvalue weighted by Crippen LogP contribution is 2.30. The van der Waals surface area contributed by atoms with Crippen LogP contribution in [0.25, 0.3) is 21.7 Å². The zero-order valence-electron chi connectivity index (χ0n) is 10.4. The highest BCUT2D eigenvalue weighted by molar-refractivity contribution is 7.13. The summed E-state index contributed by atoms with van der Waals surface area (Å²) in [6, 6.07) is 14.4. The molecular formula is C16H12ClNS. The topological polar surface area (TPSA) is 12.9 Å². The Morgan fingerprint density at radius 2 is 1.74 bits per heavy atom. The van der Waals surface area contributed by atoms with Crippen molar-refractivity contribution in [3.8, 4) is 21.7 Å². The molecule has 1 nitrogen and oxygen atoms in total. The van der Waals surface area contributed by atoms with Crippen molar-refractivity contribution in [3.63, 3.8) is 0 Å². The minimum absolute atomic E-state index is 0.764. The van der Waals surface area contributed by atoms with Gasteiger partial charge in [0.2, 0.25) is 0 Å². The van der Waals surface area contributed by atoms with Crippen molar-refractivity contribution >= 4 is 22.9 Å². The molecule has 1 heterocycles. The Hall–Kier alpha value is -1.64. The van der Waals surface area contributed by atoms with Crippen molar-refractivity contribution < 1.29 is 0 Å². The maximum atomic E-state index is 5.92. The molecule has 0 N–H and O–H groups in total. The Morgan fingerprint density at radius 1 is 1.00 bits per heavy atom. The average Bonchev–Trinajstić information content (AvgIpc) is 2.93. The number of thiazole rings is 1. The van der Waals surface area contributed by atoms with Crippen LogP contribution >= 0.6 is 22.9 Å². The number of aryl methyl sites for hydroxylation is 1. The molecule has 0 saturated heterocycles. The van der Waals surface area contributed by atoms with Gasteiger partial charge in [-0.1, -0.05) is 41.9 Å². The van der Waals surface area contributed by atoms with E-state index < -0.39 is 0 Å². The molecule has 1 aromatic heterocycles. The largest absolute Gasteiger partial charge is 0.245 e. The lowest BCUT2D eigenvalue weighted by Gasteiger charge is -2.07. The van der Waals surface area contributed by atoms with E-state index in [0.29, 0.717) is 0 Å². The Balaban J connectivity index is 2.02. The van der Waals surface area contributed by atoms with Crippen LogP contribution in [0.1, 0.15) is 5.56 Å². The standard InChI is InChI=1S/C16H12ClNS/c1-11-10-13(12-2-5-14(17)6-3-12)4-7-15(11)16-18-8-9-19-16/h2-10H,1H3. The molecule has 0 atom stereocenters. The molecule has 94 valence electrons. The molecule has 3 aromatic rings. The molecule has 3 rings (SSSR count). The summed E-state index contributed by atoms with van der Waals surface area (Å²) in [7, 11) is 0. The van der Waals surface area contributed by atoms with Crippen LogP contribution in [0, 0.1) is 6.92 Å². The minimum Gasteiger partial charge on any atom is -0.245 e. The van der Waals surface area contributed by atoms with Gasteiger partial charge in [-0.05, 0) is 35.7 Å². The van der Waals surface area contributed by atoms with Crippen molar-refractivity contribution in [3.05, 3.63) is 64.6 Å². The number of benzene rings is 2. The van der Waals surface area contributed by atoms with Gasteiger partial charge in [-0.25, -0.2) is 4.98 Å². The maximum Gasteiger partial charge on any atom is 0.123 e. The summed E-state index contributed by atoms with van der Waals surface area (Å²) in [6.07, 6.45) is 1.84.